The molecule has 1 N–H and O–H groups in total. The van der Waals surface area contributed by atoms with Crippen molar-refractivity contribution in [1.29, 1.82) is 0 Å². The molecule has 0 radical (unpaired) electrons. The molecule has 0 aromatic heterocycles. The summed E-state index contributed by atoms with van der Waals surface area (Å²) in [5, 5.41) is 2.61. The number of imide groups is 1. The largest absolute Gasteiger partial charge is 0.381 e. The Morgan fingerprint density at radius 3 is 2.55 bits per heavy atom. The Morgan fingerprint density at radius 2 is 1.90 bits per heavy atom. The van der Waals surface area contributed by atoms with E-state index in [-0.39, 0.29) is 5.69 Å². The summed E-state index contributed by atoms with van der Waals surface area (Å²) in [5.74, 6) is -2.23. The fourth-order valence-corrected chi connectivity index (χ4v) is 2.56. The third-order valence-electron chi connectivity index (χ3n) is 3.66. The molecule has 20 heavy (non-hydrogen) atoms. The van der Waals surface area contributed by atoms with Crippen LogP contribution in [0, 0.1) is 11.6 Å². The van der Waals surface area contributed by atoms with Crippen molar-refractivity contribution in [2.75, 3.05) is 18.1 Å². The molecule has 3 rings (SSSR count). The van der Waals surface area contributed by atoms with E-state index in [4.69, 9.17) is 4.74 Å². The molecule has 3 amide bonds. The minimum Gasteiger partial charge on any atom is -0.381 e. The molecule has 0 saturated carbocycles. The van der Waals surface area contributed by atoms with Crippen LogP contribution >= 0.6 is 0 Å². The van der Waals surface area contributed by atoms with E-state index in [1.807, 2.05) is 0 Å². The zero-order valence-electron chi connectivity index (χ0n) is 10.5. The summed E-state index contributed by atoms with van der Waals surface area (Å²) in [4.78, 5) is 25.2. The normalized spacial score (nSPS) is 21.4. The Morgan fingerprint density at radius 1 is 1.20 bits per heavy atom. The number of benzene rings is 1. The number of urea groups is 1. The van der Waals surface area contributed by atoms with E-state index in [1.54, 1.807) is 0 Å². The maximum absolute atomic E-state index is 13.8. The molecule has 2 aliphatic heterocycles. The third-order valence-corrected chi connectivity index (χ3v) is 3.66. The van der Waals surface area contributed by atoms with Crippen molar-refractivity contribution in [3.8, 4) is 0 Å². The highest BCUT2D eigenvalue weighted by atomic mass is 19.1. The van der Waals surface area contributed by atoms with Crippen molar-refractivity contribution in [3.63, 3.8) is 0 Å². The summed E-state index contributed by atoms with van der Waals surface area (Å²) in [7, 11) is 0. The number of ether oxygens (including phenoxy) is 1. The first-order valence-corrected chi connectivity index (χ1v) is 6.23. The molecule has 2 fully saturated rings. The average molecular weight is 282 g/mol. The predicted molar refractivity (Wildman–Crippen MR) is 65.2 cm³/mol. The lowest BCUT2D eigenvalue weighted by molar-refractivity contribution is -0.125. The van der Waals surface area contributed by atoms with Gasteiger partial charge in [-0.3, -0.25) is 4.79 Å². The van der Waals surface area contributed by atoms with Crippen molar-refractivity contribution in [1.82, 2.24) is 5.32 Å². The Hall–Kier alpha value is -2.02. The van der Waals surface area contributed by atoms with Crippen LogP contribution in [-0.2, 0) is 9.53 Å². The first kappa shape index (κ1) is 13.0. The van der Waals surface area contributed by atoms with Gasteiger partial charge in [-0.1, -0.05) is 0 Å². The van der Waals surface area contributed by atoms with Gasteiger partial charge in [-0.2, -0.15) is 0 Å². The SMILES string of the molecule is O=C1NC2(CCOCC2)C(=O)N1c1ccc(F)cc1F. The zero-order valence-corrected chi connectivity index (χ0v) is 10.5. The van der Waals surface area contributed by atoms with Crippen molar-refractivity contribution in [3.05, 3.63) is 29.8 Å². The molecule has 0 atom stereocenters. The van der Waals surface area contributed by atoms with Crippen molar-refractivity contribution in [2.24, 2.45) is 0 Å². The third kappa shape index (κ3) is 1.85. The van der Waals surface area contributed by atoms with Gasteiger partial charge >= 0.3 is 6.03 Å². The van der Waals surface area contributed by atoms with E-state index in [1.165, 1.54) is 0 Å². The summed E-state index contributed by atoms with van der Waals surface area (Å²) in [5.41, 5.74) is -1.27. The van der Waals surface area contributed by atoms with Crippen LogP contribution in [-0.4, -0.2) is 30.7 Å². The molecular formula is C13H12F2N2O3. The smallest absolute Gasteiger partial charge is 0.329 e. The Balaban J connectivity index is 1.98. The molecule has 2 saturated heterocycles. The van der Waals surface area contributed by atoms with Gasteiger partial charge in [-0.05, 0) is 12.1 Å². The van der Waals surface area contributed by atoms with Crippen molar-refractivity contribution < 1.29 is 23.1 Å². The van der Waals surface area contributed by atoms with Gasteiger partial charge in [0.25, 0.3) is 5.91 Å². The predicted octanol–water partition coefficient (Wildman–Crippen LogP) is 1.57. The number of nitrogens with one attached hydrogen (secondary N) is 1. The standard InChI is InChI=1S/C13H12F2N2O3/c14-8-1-2-10(9(15)7-8)17-11(18)13(16-12(17)19)3-5-20-6-4-13/h1-2,7H,3-6H2,(H,16,19). The molecule has 0 aliphatic carbocycles. The van der Waals surface area contributed by atoms with E-state index >= 15 is 0 Å². The van der Waals surface area contributed by atoms with E-state index in [2.05, 4.69) is 5.32 Å². The fraction of sp³-hybridized carbons (Fsp3) is 0.385. The van der Waals surface area contributed by atoms with E-state index in [9.17, 15) is 18.4 Å². The van der Waals surface area contributed by atoms with Gasteiger partial charge in [0.15, 0.2) is 0 Å². The molecular weight excluding hydrogens is 270 g/mol. The number of carbonyl (C=O) groups is 2. The van der Waals surface area contributed by atoms with Gasteiger partial charge in [0.1, 0.15) is 17.2 Å². The van der Waals surface area contributed by atoms with Crippen molar-refractivity contribution >= 4 is 17.6 Å². The number of hydrogen-bond donors (Lipinski definition) is 1. The number of rotatable bonds is 1. The number of amides is 3. The van der Waals surface area contributed by atoms with Gasteiger partial charge in [0, 0.05) is 32.1 Å². The number of anilines is 1. The monoisotopic (exact) mass is 282 g/mol. The van der Waals surface area contributed by atoms with Crippen LogP contribution in [0.2, 0.25) is 0 Å². The lowest BCUT2D eigenvalue weighted by Gasteiger charge is -2.30. The molecule has 5 nitrogen and oxygen atoms in total. The van der Waals surface area contributed by atoms with Gasteiger partial charge in [-0.15, -0.1) is 0 Å². The summed E-state index contributed by atoms with van der Waals surface area (Å²) in [6, 6.07) is 2.04. The second-order valence-electron chi connectivity index (χ2n) is 4.86. The molecule has 0 bridgehead atoms. The van der Waals surface area contributed by atoms with Gasteiger partial charge in [0.05, 0.1) is 5.69 Å². The maximum atomic E-state index is 13.8. The average Bonchev–Trinajstić information content (AvgIpc) is 2.63. The lowest BCUT2D eigenvalue weighted by Crippen LogP contribution is -2.51. The molecule has 0 unspecified atom stereocenters. The van der Waals surface area contributed by atoms with Crippen LogP contribution in [0.5, 0.6) is 0 Å². The Labute approximate surface area is 113 Å². The highest BCUT2D eigenvalue weighted by molar-refractivity contribution is 6.23. The maximum Gasteiger partial charge on any atom is 0.329 e. The van der Waals surface area contributed by atoms with Crippen LogP contribution in [0.25, 0.3) is 0 Å². The fourth-order valence-electron chi connectivity index (χ4n) is 2.56. The van der Waals surface area contributed by atoms with Crippen LogP contribution in [0.3, 0.4) is 0 Å². The molecule has 1 aromatic carbocycles. The summed E-state index contributed by atoms with van der Waals surface area (Å²) < 4.78 is 31.9. The van der Waals surface area contributed by atoms with Gasteiger partial charge in [-0.25, -0.2) is 18.5 Å². The molecule has 7 heteroatoms. The highest BCUT2D eigenvalue weighted by Crippen LogP contribution is 2.32. The van der Waals surface area contributed by atoms with E-state index in [0.717, 1.165) is 17.0 Å². The number of carbonyl (C=O) groups excluding carboxylic acids is 2. The molecule has 106 valence electrons. The summed E-state index contributed by atoms with van der Waals surface area (Å²) in [6.45, 7) is 0.706. The second-order valence-corrected chi connectivity index (χ2v) is 4.86. The first-order valence-electron chi connectivity index (χ1n) is 6.23. The number of nitrogens with zero attached hydrogens (tertiary/aromatic N) is 1. The molecule has 1 aromatic rings. The number of halogens is 2. The lowest BCUT2D eigenvalue weighted by atomic mass is 9.90. The molecule has 2 heterocycles. The van der Waals surface area contributed by atoms with Crippen LogP contribution in [0.15, 0.2) is 18.2 Å². The molecule has 1 spiro atoms. The minimum absolute atomic E-state index is 0.239. The summed E-state index contributed by atoms with van der Waals surface area (Å²) in [6.07, 6.45) is 0.688. The van der Waals surface area contributed by atoms with Crippen molar-refractivity contribution in [2.45, 2.75) is 18.4 Å². The van der Waals surface area contributed by atoms with Crippen LogP contribution < -0.4 is 10.2 Å². The van der Waals surface area contributed by atoms with Crippen LogP contribution in [0.1, 0.15) is 12.8 Å². The van der Waals surface area contributed by atoms with E-state index < -0.39 is 29.1 Å². The van der Waals surface area contributed by atoms with Gasteiger partial charge in [0.2, 0.25) is 0 Å². The quantitative estimate of drug-likeness (QED) is 0.795. The first-order chi connectivity index (χ1) is 9.53. The summed E-state index contributed by atoms with van der Waals surface area (Å²) >= 11 is 0. The topological polar surface area (TPSA) is 58.6 Å². The minimum atomic E-state index is -1.03. The Bertz CT molecular complexity index is 585. The number of hydrogen-bond acceptors (Lipinski definition) is 3. The zero-order chi connectivity index (χ0) is 14.3. The Kier molecular flexibility index (Phi) is 2.93. The van der Waals surface area contributed by atoms with Crippen LogP contribution in [0.4, 0.5) is 19.3 Å². The van der Waals surface area contributed by atoms with E-state index in [0.29, 0.717) is 32.1 Å². The second kappa shape index (κ2) is 4.52. The highest BCUT2D eigenvalue weighted by Gasteiger charge is 2.52. The molecule has 2 aliphatic rings. The van der Waals surface area contributed by atoms with Gasteiger partial charge < -0.3 is 10.1 Å².